The molecule has 0 spiro atoms. The summed E-state index contributed by atoms with van der Waals surface area (Å²) in [6.45, 7) is 12.1. The number of ether oxygens (including phenoxy) is 2. The third-order valence-corrected chi connectivity index (χ3v) is 5.65. The summed E-state index contributed by atoms with van der Waals surface area (Å²) in [5.41, 5.74) is 4.71. The van der Waals surface area contributed by atoms with E-state index in [1.807, 2.05) is 6.92 Å². The second-order valence-corrected chi connectivity index (χ2v) is 8.88. The third kappa shape index (κ3) is 4.59. The van der Waals surface area contributed by atoms with Crippen molar-refractivity contribution in [3.05, 3.63) is 65.7 Å². The van der Waals surface area contributed by atoms with Gasteiger partial charge < -0.3 is 14.8 Å². The third-order valence-electron chi connectivity index (χ3n) is 5.65. The van der Waals surface area contributed by atoms with Crippen molar-refractivity contribution in [2.45, 2.75) is 33.1 Å². The molecule has 0 atom stereocenters. The molecule has 0 amide bonds. The van der Waals surface area contributed by atoms with E-state index in [1.54, 1.807) is 0 Å². The Labute approximate surface area is 185 Å². The van der Waals surface area contributed by atoms with Crippen molar-refractivity contribution in [2.24, 2.45) is 4.99 Å². The second kappa shape index (κ2) is 9.11. The fraction of sp³-hybridized carbons (Fsp3) is 0.370. The van der Waals surface area contributed by atoms with Gasteiger partial charge in [-0.3, -0.25) is 4.99 Å². The minimum atomic E-state index is 0.113. The lowest BCUT2D eigenvalue weighted by molar-refractivity contribution is 0.110. The minimum Gasteiger partial charge on any atom is -0.490 e. The Kier molecular flexibility index (Phi) is 6.28. The molecule has 4 heteroatoms. The molecule has 3 aromatic carbocycles. The Morgan fingerprint density at radius 3 is 2.45 bits per heavy atom. The van der Waals surface area contributed by atoms with Crippen LogP contribution in [0.1, 0.15) is 38.8 Å². The fourth-order valence-corrected chi connectivity index (χ4v) is 4.00. The maximum absolute atomic E-state index is 6.40. The van der Waals surface area contributed by atoms with Gasteiger partial charge in [-0.25, -0.2) is 0 Å². The lowest BCUT2D eigenvalue weighted by Crippen LogP contribution is -2.21. The summed E-state index contributed by atoms with van der Waals surface area (Å²) in [6, 6.07) is 19.6. The van der Waals surface area contributed by atoms with Crippen molar-refractivity contribution >= 4 is 16.6 Å². The average molecular weight is 417 g/mol. The van der Waals surface area contributed by atoms with Crippen molar-refractivity contribution < 1.29 is 9.47 Å². The molecule has 0 radical (unpaired) electrons. The maximum Gasteiger partial charge on any atom is 0.138 e. The van der Waals surface area contributed by atoms with Gasteiger partial charge in [-0.05, 0) is 40.3 Å². The van der Waals surface area contributed by atoms with E-state index in [4.69, 9.17) is 14.5 Å². The first-order valence-corrected chi connectivity index (χ1v) is 11.1. The Balaban J connectivity index is 1.90. The summed E-state index contributed by atoms with van der Waals surface area (Å²) in [6.07, 6.45) is 0. The zero-order chi connectivity index (χ0) is 21.8. The average Bonchev–Trinajstić information content (AvgIpc) is 3.30. The highest BCUT2D eigenvalue weighted by molar-refractivity contribution is 6.11. The fourth-order valence-electron chi connectivity index (χ4n) is 4.00. The summed E-state index contributed by atoms with van der Waals surface area (Å²) in [7, 11) is 0. The lowest BCUT2D eigenvalue weighted by Gasteiger charge is -2.21. The number of benzene rings is 3. The molecule has 1 aliphatic heterocycles. The summed E-state index contributed by atoms with van der Waals surface area (Å²) >= 11 is 0. The molecule has 1 N–H and O–H groups in total. The quantitative estimate of drug-likeness (QED) is 0.512. The number of amidine groups is 1. The highest BCUT2D eigenvalue weighted by Gasteiger charge is 2.22. The Hall–Kier alpha value is -2.85. The number of nitrogens with zero attached hydrogens (tertiary/aromatic N) is 1. The van der Waals surface area contributed by atoms with Crippen LogP contribution in [0.25, 0.3) is 21.9 Å². The van der Waals surface area contributed by atoms with Gasteiger partial charge in [0.15, 0.2) is 0 Å². The molecule has 0 unspecified atom stereocenters. The van der Waals surface area contributed by atoms with Gasteiger partial charge in [0.05, 0.1) is 18.7 Å². The van der Waals surface area contributed by atoms with Gasteiger partial charge in [0.1, 0.15) is 18.2 Å². The molecule has 31 heavy (non-hydrogen) atoms. The van der Waals surface area contributed by atoms with Crippen molar-refractivity contribution in [3.63, 3.8) is 0 Å². The van der Waals surface area contributed by atoms with E-state index in [1.165, 1.54) is 16.3 Å². The Bertz CT molecular complexity index is 1080. The van der Waals surface area contributed by atoms with Gasteiger partial charge >= 0.3 is 0 Å². The molecule has 1 aliphatic rings. The van der Waals surface area contributed by atoms with E-state index in [2.05, 4.69) is 80.7 Å². The van der Waals surface area contributed by atoms with Crippen LogP contribution in [0.5, 0.6) is 5.75 Å². The van der Waals surface area contributed by atoms with Crippen LogP contribution in [0, 0.1) is 0 Å². The number of rotatable bonds is 7. The Morgan fingerprint density at radius 2 is 1.77 bits per heavy atom. The molecule has 3 aromatic rings. The van der Waals surface area contributed by atoms with Gasteiger partial charge in [0, 0.05) is 18.7 Å². The van der Waals surface area contributed by atoms with E-state index in [0.717, 1.165) is 41.4 Å². The normalized spacial score (nSPS) is 13.9. The highest BCUT2D eigenvalue weighted by Crippen LogP contribution is 2.41. The summed E-state index contributed by atoms with van der Waals surface area (Å²) in [5.74, 6) is 1.78. The molecule has 0 aliphatic carbocycles. The van der Waals surface area contributed by atoms with Crippen LogP contribution in [-0.2, 0) is 10.2 Å². The van der Waals surface area contributed by atoms with Crippen molar-refractivity contribution in [1.29, 1.82) is 0 Å². The van der Waals surface area contributed by atoms with Crippen molar-refractivity contribution in [1.82, 2.24) is 5.32 Å². The monoisotopic (exact) mass is 416 g/mol. The molecule has 0 fully saturated rings. The molecule has 4 nitrogen and oxygen atoms in total. The van der Waals surface area contributed by atoms with Crippen LogP contribution in [0.15, 0.2) is 59.6 Å². The Morgan fingerprint density at radius 1 is 1.00 bits per heavy atom. The van der Waals surface area contributed by atoms with E-state index in [9.17, 15) is 0 Å². The SMILES string of the molecule is CCOCCOc1c(C2=NCCN2)cc2ccccc2c1-c1ccc(C(C)(C)C)cc1. The topological polar surface area (TPSA) is 42.9 Å². The number of nitrogens with one attached hydrogen (secondary N) is 1. The summed E-state index contributed by atoms with van der Waals surface area (Å²) in [4.78, 5) is 4.69. The van der Waals surface area contributed by atoms with E-state index in [-0.39, 0.29) is 5.41 Å². The van der Waals surface area contributed by atoms with Gasteiger partial charge in [-0.2, -0.15) is 0 Å². The van der Waals surface area contributed by atoms with Gasteiger partial charge in [-0.15, -0.1) is 0 Å². The standard InChI is InChI=1S/C27H32N2O2/c1-5-30-16-17-31-25-23(26-28-14-15-29-26)18-20-8-6-7-9-22(20)24(25)19-10-12-21(13-11-19)27(2,3)4/h6-13,18H,5,14-17H2,1-4H3,(H,28,29). The van der Waals surface area contributed by atoms with E-state index in [0.29, 0.717) is 19.8 Å². The highest BCUT2D eigenvalue weighted by atomic mass is 16.5. The molecule has 4 rings (SSSR count). The largest absolute Gasteiger partial charge is 0.490 e. The van der Waals surface area contributed by atoms with E-state index < -0.39 is 0 Å². The molecular weight excluding hydrogens is 384 g/mol. The van der Waals surface area contributed by atoms with Crippen LogP contribution in [-0.4, -0.2) is 38.7 Å². The molecule has 0 saturated heterocycles. The maximum atomic E-state index is 6.40. The van der Waals surface area contributed by atoms with Gasteiger partial charge in [0.2, 0.25) is 0 Å². The summed E-state index contributed by atoms with van der Waals surface area (Å²) in [5, 5.41) is 5.79. The smallest absolute Gasteiger partial charge is 0.138 e. The first-order chi connectivity index (χ1) is 15.0. The predicted molar refractivity (Wildman–Crippen MR) is 129 cm³/mol. The van der Waals surface area contributed by atoms with Crippen LogP contribution < -0.4 is 10.1 Å². The van der Waals surface area contributed by atoms with Crippen LogP contribution >= 0.6 is 0 Å². The minimum absolute atomic E-state index is 0.113. The molecule has 0 saturated carbocycles. The first kappa shape index (κ1) is 21.4. The molecule has 1 heterocycles. The van der Waals surface area contributed by atoms with E-state index >= 15 is 0 Å². The zero-order valence-electron chi connectivity index (χ0n) is 19.0. The number of fused-ring (bicyclic) bond motifs is 1. The summed E-state index contributed by atoms with van der Waals surface area (Å²) < 4.78 is 11.9. The van der Waals surface area contributed by atoms with Crippen LogP contribution in [0.3, 0.4) is 0 Å². The predicted octanol–water partition coefficient (Wildman–Crippen LogP) is 5.57. The first-order valence-electron chi connectivity index (χ1n) is 11.1. The molecule has 0 bridgehead atoms. The van der Waals surface area contributed by atoms with Crippen molar-refractivity contribution in [3.8, 4) is 16.9 Å². The zero-order valence-corrected chi connectivity index (χ0v) is 19.0. The number of hydrogen-bond donors (Lipinski definition) is 1. The molecule has 0 aromatic heterocycles. The molecule has 162 valence electrons. The lowest BCUT2D eigenvalue weighted by atomic mass is 9.85. The number of hydrogen-bond acceptors (Lipinski definition) is 4. The van der Waals surface area contributed by atoms with Gasteiger partial charge in [-0.1, -0.05) is 69.3 Å². The number of aliphatic imine (C=N–C) groups is 1. The molecular formula is C27H32N2O2. The van der Waals surface area contributed by atoms with Gasteiger partial charge in [0.25, 0.3) is 0 Å². The second-order valence-electron chi connectivity index (χ2n) is 8.88. The van der Waals surface area contributed by atoms with Crippen LogP contribution in [0.2, 0.25) is 0 Å². The van der Waals surface area contributed by atoms with Crippen molar-refractivity contribution in [2.75, 3.05) is 32.9 Å². The van der Waals surface area contributed by atoms with Crippen LogP contribution in [0.4, 0.5) is 0 Å².